The van der Waals surface area contributed by atoms with Crippen molar-refractivity contribution in [1.82, 2.24) is 29.7 Å². The quantitative estimate of drug-likeness (QED) is 0.658. The number of nitrogens with zero attached hydrogens (tertiary/aromatic N) is 6. The van der Waals surface area contributed by atoms with Crippen molar-refractivity contribution >= 4 is 17.4 Å². The van der Waals surface area contributed by atoms with E-state index in [4.69, 9.17) is 14.5 Å². The highest BCUT2D eigenvalue weighted by Crippen LogP contribution is 2.26. The highest BCUT2D eigenvalue weighted by Gasteiger charge is 2.26. The first kappa shape index (κ1) is 19.7. The van der Waals surface area contributed by atoms with Crippen molar-refractivity contribution in [2.75, 3.05) is 31.2 Å². The summed E-state index contributed by atoms with van der Waals surface area (Å²) in [7, 11) is 0. The number of carbonyl (C=O) groups excluding carboxylic acids is 1. The fourth-order valence-corrected chi connectivity index (χ4v) is 4.06. The molecule has 0 unspecified atom stereocenters. The van der Waals surface area contributed by atoms with E-state index < -0.39 is 0 Å². The SMILES string of the molecule is O=C(NC1CCC(Oc2nc(N3CCOCC3)cc3nccn23)CC1)c1ncccn1. The number of amides is 1. The van der Waals surface area contributed by atoms with Gasteiger partial charge >= 0.3 is 6.01 Å². The molecule has 31 heavy (non-hydrogen) atoms. The maximum Gasteiger partial charge on any atom is 0.304 e. The van der Waals surface area contributed by atoms with Crippen LogP contribution in [0.5, 0.6) is 6.01 Å². The van der Waals surface area contributed by atoms with E-state index >= 15 is 0 Å². The molecule has 2 fully saturated rings. The summed E-state index contributed by atoms with van der Waals surface area (Å²) in [5, 5.41) is 3.03. The number of rotatable bonds is 5. The van der Waals surface area contributed by atoms with Gasteiger partial charge in [-0.25, -0.2) is 15.0 Å². The fraction of sp³-hybridized carbons (Fsp3) is 0.476. The maximum atomic E-state index is 12.3. The molecule has 1 amide bonds. The molecule has 0 bridgehead atoms. The normalized spacial score (nSPS) is 21.7. The van der Waals surface area contributed by atoms with Crippen molar-refractivity contribution < 1.29 is 14.3 Å². The number of anilines is 1. The number of ether oxygens (including phenoxy) is 2. The second kappa shape index (κ2) is 8.84. The molecule has 4 heterocycles. The van der Waals surface area contributed by atoms with E-state index in [9.17, 15) is 4.79 Å². The Morgan fingerprint density at radius 1 is 1.06 bits per heavy atom. The number of morpholine rings is 1. The summed E-state index contributed by atoms with van der Waals surface area (Å²) in [5.74, 6) is 0.832. The number of aromatic nitrogens is 5. The van der Waals surface area contributed by atoms with Gasteiger partial charge in [0.25, 0.3) is 5.91 Å². The van der Waals surface area contributed by atoms with E-state index in [0.29, 0.717) is 19.2 Å². The summed E-state index contributed by atoms with van der Waals surface area (Å²) in [4.78, 5) is 31.7. The Morgan fingerprint density at radius 3 is 2.61 bits per heavy atom. The van der Waals surface area contributed by atoms with Crippen molar-refractivity contribution in [3.63, 3.8) is 0 Å². The Morgan fingerprint density at radius 2 is 1.84 bits per heavy atom. The van der Waals surface area contributed by atoms with Crippen LogP contribution in [-0.2, 0) is 4.74 Å². The van der Waals surface area contributed by atoms with E-state index in [0.717, 1.165) is 50.2 Å². The summed E-state index contributed by atoms with van der Waals surface area (Å²) in [5.41, 5.74) is 0.815. The summed E-state index contributed by atoms with van der Waals surface area (Å²) in [6.07, 6.45) is 10.1. The Kier molecular flexibility index (Phi) is 5.61. The Hall–Kier alpha value is -3.27. The average molecular weight is 423 g/mol. The molecular weight excluding hydrogens is 398 g/mol. The van der Waals surface area contributed by atoms with Crippen LogP contribution in [0.2, 0.25) is 0 Å². The predicted molar refractivity (Wildman–Crippen MR) is 112 cm³/mol. The van der Waals surface area contributed by atoms with E-state index in [1.165, 1.54) is 0 Å². The molecule has 2 aliphatic rings. The van der Waals surface area contributed by atoms with E-state index in [1.54, 1.807) is 24.7 Å². The number of carbonyl (C=O) groups is 1. The van der Waals surface area contributed by atoms with Crippen LogP contribution in [0.4, 0.5) is 5.82 Å². The van der Waals surface area contributed by atoms with Gasteiger partial charge in [-0.05, 0) is 31.7 Å². The Bertz CT molecular complexity index is 1030. The fourth-order valence-electron chi connectivity index (χ4n) is 4.06. The van der Waals surface area contributed by atoms with Crippen molar-refractivity contribution in [3.8, 4) is 6.01 Å². The summed E-state index contributed by atoms with van der Waals surface area (Å²) >= 11 is 0. The first-order valence-corrected chi connectivity index (χ1v) is 10.7. The van der Waals surface area contributed by atoms with Gasteiger partial charge in [-0.3, -0.25) is 9.20 Å². The highest BCUT2D eigenvalue weighted by molar-refractivity contribution is 5.90. The third-order valence-electron chi connectivity index (χ3n) is 5.73. The molecule has 162 valence electrons. The second-order valence-corrected chi connectivity index (χ2v) is 7.79. The van der Waals surface area contributed by atoms with Crippen molar-refractivity contribution in [2.24, 2.45) is 0 Å². The molecule has 5 rings (SSSR count). The van der Waals surface area contributed by atoms with E-state index in [-0.39, 0.29) is 23.9 Å². The number of hydrogen-bond donors (Lipinski definition) is 1. The smallest absolute Gasteiger partial charge is 0.304 e. The highest BCUT2D eigenvalue weighted by atomic mass is 16.5. The van der Waals surface area contributed by atoms with Gasteiger partial charge in [-0.2, -0.15) is 4.98 Å². The number of nitrogens with one attached hydrogen (secondary N) is 1. The van der Waals surface area contributed by atoms with E-state index in [1.807, 2.05) is 16.7 Å². The molecule has 3 aromatic heterocycles. The second-order valence-electron chi connectivity index (χ2n) is 7.79. The van der Waals surface area contributed by atoms with Crippen LogP contribution in [0.1, 0.15) is 36.3 Å². The first-order chi connectivity index (χ1) is 15.3. The van der Waals surface area contributed by atoms with Crippen LogP contribution in [0.3, 0.4) is 0 Å². The molecule has 3 aromatic rings. The predicted octanol–water partition coefficient (Wildman–Crippen LogP) is 1.48. The first-order valence-electron chi connectivity index (χ1n) is 10.7. The van der Waals surface area contributed by atoms with Gasteiger partial charge in [0.05, 0.1) is 13.2 Å². The van der Waals surface area contributed by atoms with Gasteiger partial charge < -0.3 is 19.7 Å². The molecule has 0 radical (unpaired) electrons. The molecule has 1 N–H and O–H groups in total. The van der Waals surface area contributed by atoms with Crippen LogP contribution in [0, 0.1) is 0 Å². The summed E-state index contributed by atoms with van der Waals surface area (Å²) in [6, 6.07) is 4.33. The Balaban J connectivity index is 1.23. The minimum absolute atomic E-state index is 0.0409. The molecule has 10 heteroatoms. The lowest BCUT2D eigenvalue weighted by atomic mass is 9.93. The van der Waals surface area contributed by atoms with Gasteiger partial charge in [-0.1, -0.05) is 0 Å². The number of hydrogen-bond acceptors (Lipinski definition) is 8. The van der Waals surface area contributed by atoms with Gasteiger partial charge in [0, 0.05) is 50.0 Å². The lowest BCUT2D eigenvalue weighted by Crippen LogP contribution is -2.40. The van der Waals surface area contributed by atoms with Gasteiger partial charge in [0.1, 0.15) is 17.6 Å². The van der Waals surface area contributed by atoms with Crippen LogP contribution >= 0.6 is 0 Å². The van der Waals surface area contributed by atoms with Crippen molar-refractivity contribution in [1.29, 1.82) is 0 Å². The van der Waals surface area contributed by atoms with Crippen LogP contribution in [-0.4, -0.2) is 68.7 Å². The third kappa shape index (κ3) is 4.43. The molecule has 0 atom stereocenters. The zero-order valence-electron chi connectivity index (χ0n) is 17.2. The Labute approximate surface area is 179 Å². The monoisotopic (exact) mass is 423 g/mol. The average Bonchev–Trinajstić information content (AvgIpc) is 3.31. The standard InChI is InChI=1S/C21H25N7O3/c29-20(19-23-6-1-7-24-19)25-15-2-4-16(5-3-15)31-21-26-18(27-10-12-30-13-11-27)14-17-22-8-9-28(17)21/h1,6-9,14-16H,2-5,10-13H2,(H,25,29). The van der Waals surface area contributed by atoms with Crippen LogP contribution in [0.15, 0.2) is 36.9 Å². The molecule has 10 nitrogen and oxygen atoms in total. The number of fused-ring (bicyclic) bond motifs is 1. The van der Waals surface area contributed by atoms with Crippen molar-refractivity contribution in [3.05, 3.63) is 42.7 Å². The molecule has 1 saturated carbocycles. The summed E-state index contributed by atoms with van der Waals surface area (Å²) in [6.45, 7) is 3.00. The molecule has 1 aliphatic heterocycles. The lowest BCUT2D eigenvalue weighted by molar-refractivity contribution is 0.0873. The maximum absolute atomic E-state index is 12.3. The molecule has 1 saturated heterocycles. The zero-order chi connectivity index (χ0) is 21.0. The summed E-state index contributed by atoms with van der Waals surface area (Å²) < 4.78 is 13.6. The minimum atomic E-state index is -0.232. The zero-order valence-corrected chi connectivity index (χ0v) is 17.2. The van der Waals surface area contributed by atoms with Crippen molar-refractivity contribution in [2.45, 2.75) is 37.8 Å². The molecule has 0 aromatic carbocycles. The lowest BCUT2D eigenvalue weighted by Gasteiger charge is -2.30. The van der Waals surface area contributed by atoms with E-state index in [2.05, 4.69) is 25.2 Å². The molecule has 0 spiro atoms. The van der Waals surface area contributed by atoms with Gasteiger partial charge in [0.2, 0.25) is 5.82 Å². The minimum Gasteiger partial charge on any atom is -0.461 e. The molecule has 1 aliphatic carbocycles. The topological polar surface area (TPSA) is 107 Å². The van der Waals surface area contributed by atoms with Crippen LogP contribution < -0.4 is 15.0 Å². The van der Waals surface area contributed by atoms with Gasteiger partial charge in [0.15, 0.2) is 0 Å². The van der Waals surface area contributed by atoms with Gasteiger partial charge in [-0.15, -0.1) is 0 Å². The number of imidazole rings is 1. The molecular formula is C21H25N7O3. The third-order valence-corrected chi connectivity index (χ3v) is 5.73. The largest absolute Gasteiger partial charge is 0.461 e. The van der Waals surface area contributed by atoms with Crippen LogP contribution in [0.25, 0.3) is 5.65 Å².